The van der Waals surface area contributed by atoms with Gasteiger partial charge in [-0.25, -0.2) is 8.42 Å². The number of benzene rings is 2. The van der Waals surface area contributed by atoms with E-state index in [-0.39, 0.29) is 44.0 Å². The van der Waals surface area contributed by atoms with Gasteiger partial charge in [0.1, 0.15) is 5.72 Å². The minimum atomic E-state index is -3.74. The van der Waals surface area contributed by atoms with Crippen LogP contribution in [0.3, 0.4) is 0 Å². The second kappa shape index (κ2) is 8.58. The lowest BCUT2D eigenvalue weighted by atomic mass is 10.0. The molecule has 2 aromatic rings. The maximum atomic E-state index is 13.2. The number of nitrogens with one attached hydrogen (secondary N) is 1. The van der Waals surface area contributed by atoms with Gasteiger partial charge in [-0.15, -0.1) is 0 Å². The highest BCUT2D eigenvalue weighted by Gasteiger charge is 2.51. The molecule has 1 N–H and O–H groups in total. The first-order valence-corrected chi connectivity index (χ1v) is 11.7. The summed E-state index contributed by atoms with van der Waals surface area (Å²) in [6, 6.07) is 14.9. The summed E-state index contributed by atoms with van der Waals surface area (Å²) in [7, 11) is -3.74. The van der Waals surface area contributed by atoms with Gasteiger partial charge in [-0.05, 0) is 24.3 Å². The molecule has 164 valence electrons. The van der Waals surface area contributed by atoms with Crippen molar-refractivity contribution in [2.75, 3.05) is 31.6 Å². The lowest BCUT2D eigenvalue weighted by Crippen LogP contribution is -2.56. The van der Waals surface area contributed by atoms with Crippen molar-refractivity contribution in [1.82, 2.24) is 9.21 Å². The zero-order valence-corrected chi connectivity index (χ0v) is 18.2. The number of nitrogens with zero attached hydrogens (tertiary/aromatic N) is 2. The molecule has 2 heterocycles. The number of piperidine rings is 1. The van der Waals surface area contributed by atoms with E-state index in [4.69, 9.17) is 16.3 Å². The molecule has 0 aliphatic carbocycles. The smallest absolute Gasteiger partial charge is 0.313 e. The fourth-order valence-corrected chi connectivity index (χ4v) is 5.91. The highest BCUT2D eigenvalue weighted by Crippen LogP contribution is 2.38. The first-order chi connectivity index (χ1) is 14.8. The Balaban J connectivity index is 1.44. The van der Waals surface area contributed by atoms with Gasteiger partial charge < -0.3 is 15.0 Å². The van der Waals surface area contributed by atoms with Crippen LogP contribution in [0.25, 0.3) is 0 Å². The van der Waals surface area contributed by atoms with Crippen LogP contribution in [-0.4, -0.2) is 61.4 Å². The summed E-state index contributed by atoms with van der Waals surface area (Å²) in [5, 5.41) is 2.86. The Bertz CT molecular complexity index is 1090. The van der Waals surface area contributed by atoms with Gasteiger partial charge in [-0.2, -0.15) is 4.31 Å². The quantitative estimate of drug-likeness (QED) is 0.705. The van der Waals surface area contributed by atoms with E-state index in [1.165, 1.54) is 9.21 Å². The number of sulfonamides is 1. The third-order valence-electron chi connectivity index (χ3n) is 5.60. The highest BCUT2D eigenvalue weighted by atomic mass is 35.5. The van der Waals surface area contributed by atoms with E-state index >= 15 is 0 Å². The van der Waals surface area contributed by atoms with Crippen LogP contribution in [0.15, 0.2) is 59.5 Å². The summed E-state index contributed by atoms with van der Waals surface area (Å²) in [5.74, 6) is -1.48. The minimum Gasteiger partial charge on any atom is -0.358 e. The molecule has 2 amide bonds. The average molecular weight is 464 g/mol. The summed E-state index contributed by atoms with van der Waals surface area (Å²) in [6.45, 7) is 0.941. The van der Waals surface area contributed by atoms with E-state index in [1.807, 2.05) is 0 Å². The van der Waals surface area contributed by atoms with Crippen molar-refractivity contribution in [2.24, 2.45) is 0 Å². The molecule has 0 aromatic heterocycles. The maximum Gasteiger partial charge on any atom is 0.313 e. The zero-order chi connectivity index (χ0) is 22.1. The van der Waals surface area contributed by atoms with Crippen LogP contribution < -0.4 is 5.32 Å². The largest absolute Gasteiger partial charge is 0.358 e. The van der Waals surface area contributed by atoms with Crippen LogP contribution in [0, 0.1) is 0 Å². The number of amides is 2. The van der Waals surface area contributed by atoms with E-state index < -0.39 is 27.6 Å². The molecule has 2 aromatic carbocycles. The molecule has 2 aliphatic heterocycles. The van der Waals surface area contributed by atoms with Gasteiger partial charge >= 0.3 is 11.8 Å². The summed E-state index contributed by atoms with van der Waals surface area (Å²) < 4.78 is 33.6. The van der Waals surface area contributed by atoms with Gasteiger partial charge in [-0.3, -0.25) is 9.59 Å². The molecule has 2 fully saturated rings. The predicted octanol–water partition coefficient (Wildman–Crippen LogP) is 2.32. The standard InChI is InChI=1S/C21H22ClN3O5S/c22-17-8-4-5-9-18(17)23-19(26)20(27)24-12-10-21(11-13-24)25(14-15-30-21)31(28,29)16-6-2-1-3-7-16/h1-9H,10-15H2,(H,23,26). The molecule has 0 radical (unpaired) electrons. The summed E-state index contributed by atoms with van der Waals surface area (Å²) >= 11 is 6.03. The second-order valence-corrected chi connectivity index (χ2v) is 9.68. The van der Waals surface area contributed by atoms with Crippen molar-refractivity contribution < 1.29 is 22.7 Å². The summed E-state index contributed by atoms with van der Waals surface area (Å²) in [4.78, 5) is 26.6. The second-order valence-electron chi connectivity index (χ2n) is 7.41. The van der Waals surface area contributed by atoms with E-state index in [2.05, 4.69) is 5.32 Å². The number of likely N-dealkylation sites (tertiary alicyclic amines) is 1. The summed E-state index contributed by atoms with van der Waals surface area (Å²) in [6.07, 6.45) is 0.564. The first-order valence-electron chi connectivity index (χ1n) is 9.90. The van der Waals surface area contributed by atoms with Crippen molar-refractivity contribution in [3.05, 3.63) is 59.6 Å². The number of anilines is 1. The Kier molecular flexibility index (Phi) is 6.02. The van der Waals surface area contributed by atoms with Gasteiger partial charge in [-0.1, -0.05) is 41.9 Å². The molecule has 8 nitrogen and oxygen atoms in total. The van der Waals surface area contributed by atoms with Crippen molar-refractivity contribution in [1.29, 1.82) is 0 Å². The number of halogens is 1. The van der Waals surface area contributed by atoms with Crippen LogP contribution in [0.4, 0.5) is 5.69 Å². The van der Waals surface area contributed by atoms with E-state index in [1.54, 1.807) is 54.6 Å². The van der Waals surface area contributed by atoms with Crippen molar-refractivity contribution in [2.45, 2.75) is 23.5 Å². The van der Waals surface area contributed by atoms with E-state index in [0.29, 0.717) is 10.7 Å². The van der Waals surface area contributed by atoms with Crippen LogP contribution in [0.5, 0.6) is 0 Å². The molecule has 10 heteroatoms. The lowest BCUT2D eigenvalue weighted by molar-refractivity contribution is -0.148. The molecule has 1 spiro atoms. The Labute approximate surface area is 185 Å². The average Bonchev–Trinajstić information content (AvgIpc) is 3.20. The van der Waals surface area contributed by atoms with Gasteiger partial charge in [0.25, 0.3) is 0 Å². The molecule has 31 heavy (non-hydrogen) atoms. The van der Waals surface area contributed by atoms with E-state index in [9.17, 15) is 18.0 Å². The Hall–Kier alpha value is -2.46. The normalized spacial score (nSPS) is 18.8. The highest BCUT2D eigenvalue weighted by molar-refractivity contribution is 7.89. The maximum absolute atomic E-state index is 13.2. The lowest BCUT2D eigenvalue weighted by Gasteiger charge is -2.42. The monoisotopic (exact) mass is 463 g/mol. The van der Waals surface area contributed by atoms with Crippen LogP contribution in [-0.2, 0) is 24.3 Å². The van der Waals surface area contributed by atoms with Gasteiger partial charge in [0, 0.05) is 32.5 Å². The third kappa shape index (κ3) is 4.18. The molecular formula is C21H22ClN3O5S. The molecule has 2 saturated heterocycles. The molecule has 0 saturated carbocycles. The van der Waals surface area contributed by atoms with Crippen LogP contribution in [0.1, 0.15) is 12.8 Å². The zero-order valence-electron chi connectivity index (χ0n) is 16.7. The third-order valence-corrected chi connectivity index (χ3v) is 7.89. The molecular weight excluding hydrogens is 442 g/mol. The van der Waals surface area contributed by atoms with Crippen molar-refractivity contribution in [3.63, 3.8) is 0 Å². The molecule has 0 atom stereocenters. The van der Waals surface area contributed by atoms with E-state index in [0.717, 1.165) is 0 Å². The first kappa shape index (κ1) is 21.8. The van der Waals surface area contributed by atoms with Gasteiger partial charge in [0.05, 0.1) is 22.2 Å². The van der Waals surface area contributed by atoms with Crippen molar-refractivity contribution >= 4 is 39.1 Å². The number of ether oxygens (including phenoxy) is 1. The number of hydrogen-bond acceptors (Lipinski definition) is 5. The molecule has 0 bridgehead atoms. The van der Waals surface area contributed by atoms with Gasteiger partial charge in [0.2, 0.25) is 10.0 Å². The number of rotatable bonds is 3. The molecule has 4 rings (SSSR count). The summed E-state index contributed by atoms with van der Waals surface area (Å²) in [5.41, 5.74) is -0.653. The molecule has 0 unspecified atom stereocenters. The van der Waals surface area contributed by atoms with Gasteiger partial charge in [0.15, 0.2) is 0 Å². The molecule has 2 aliphatic rings. The number of hydrogen-bond donors (Lipinski definition) is 1. The predicted molar refractivity (Wildman–Crippen MR) is 115 cm³/mol. The number of para-hydroxylation sites is 1. The Morgan fingerprint density at radius 3 is 2.29 bits per heavy atom. The van der Waals surface area contributed by atoms with Crippen LogP contribution >= 0.6 is 11.6 Å². The Morgan fingerprint density at radius 2 is 1.61 bits per heavy atom. The SMILES string of the molecule is O=C(Nc1ccccc1Cl)C(=O)N1CCC2(CC1)OCCN2S(=O)(=O)c1ccccc1. The fraction of sp³-hybridized carbons (Fsp3) is 0.333. The number of carbonyl (C=O) groups excluding carboxylic acids is 2. The van der Waals surface area contributed by atoms with Crippen molar-refractivity contribution in [3.8, 4) is 0 Å². The minimum absolute atomic E-state index is 0.204. The Morgan fingerprint density at radius 1 is 0.968 bits per heavy atom. The topological polar surface area (TPSA) is 96.0 Å². The number of carbonyl (C=O) groups is 2. The van der Waals surface area contributed by atoms with Crippen LogP contribution in [0.2, 0.25) is 5.02 Å². The fourth-order valence-electron chi connectivity index (χ4n) is 3.99.